The number of benzene rings is 1. The third-order valence-corrected chi connectivity index (χ3v) is 4.86. The first-order valence-electron chi connectivity index (χ1n) is 9.35. The summed E-state index contributed by atoms with van der Waals surface area (Å²) in [5.41, 5.74) is 0.901. The van der Waals surface area contributed by atoms with Gasteiger partial charge in [-0.2, -0.15) is 0 Å². The number of hydrogen-bond acceptors (Lipinski definition) is 6. The standard InChI is InChI=1S/C20H25N5O3/c1-28-17-4-2-15(3-5-17)12-23-19(26)20(27)24-13-16-6-10-25(11-7-16)18-14-21-8-9-22-18/h2-5,8-9,14,16H,6-7,10-13H2,1H3,(H,23,26)(H,24,27). The third kappa shape index (κ3) is 5.42. The van der Waals surface area contributed by atoms with Crippen LogP contribution in [0.1, 0.15) is 18.4 Å². The number of nitrogens with zero attached hydrogens (tertiary/aromatic N) is 3. The SMILES string of the molecule is COc1ccc(CNC(=O)C(=O)NCC2CCN(c3cnccn3)CC2)cc1. The Balaban J connectivity index is 1.36. The lowest BCUT2D eigenvalue weighted by Gasteiger charge is -2.32. The molecule has 8 nitrogen and oxygen atoms in total. The zero-order valence-electron chi connectivity index (χ0n) is 15.9. The molecule has 1 aliphatic rings. The topological polar surface area (TPSA) is 96.4 Å². The molecule has 1 aliphatic heterocycles. The summed E-state index contributed by atoms with van der Waals surface area (Å²) in [7, 11) is 1.60. The Hall–Kier alpha value is -3.16. The molecule has 2 aromatic rings. The number of anilines is 1. The molecule has 28 heavy (non-hydrogen) atoms. The number of aromatic nitrogens is 2. The van der Waals surface area contributed by atoms with Crippen molar-refractivity contribution >= 4 is 17.6 Å². The Morgan fingerprint density at radius 2 is 1.82 bits per heavy atom. The number of rotatable bonds is 6. The van der Waals surface area contributed by atoms with Crippen molar-refractivity contribution < 1.29 is 14.3 Å². The fourth-order valence-electron chi connectivity index (χ4n) is 3.14. The van der Waals surface area contributed by atoms with Gasteiger partial charge in [0.05, 0.1) is 13.3 Å². The van der Waals surface area contributed by atoms with E-state index in [1.165, 1.54) is 0 Å². The number of amides is 2. The molecule has 1 saturated heterocycles. The summed E-state index contributed by atoms with van der Waals surface area (Å²) >= 11 is 0. The quantitative estimate of drug-likeness (QED) is 0.726. The molecule has 3 rings (SSSR count). The third-order valence-electron chi connectivity index (χ3n) is 4.86. The van der Waals surface area contributed by atoms with Crippen LogP contribution in [0.4, 0.5) is 5.82 Å². The van der Waals surface area contributed by atoms with Crippen molar-refractivity contribution in [1.29, 1.82) is 0 Å². The number of carbonyl (C=O) groups excluding carboxylic acids is 2. The Labute approximate surface area is 164 Å². The molecule has 8 heteroatoms. The normalized spacial score (nSPS) is 14.4. The average Bonchev–Trinajstić information content (AvgIpc) is 2.77. The molecular weight excluding hydrogens is 358 g/mol. The van der Waals surface area contributed by atoms with Gasteiger partial charge in [0.25, 0.3) is 0 Å². The first-order chi connectivity index (χ1) is 13.7. The molecule has 1 aromatic carbocycles. The predicted octanol–water partition coefficient (Wildman–Crippen LogP) is 1.13. The highest BCUT2D eigenvalue weighted by molar-refractivity contribution is 6.35. The van der Waals surface area contributed by atoms with E-state index in [1.54, 1.807) is 25.7 Å². The number of piperidine rings is 1. The van der Waals surface area contributed by atoms with E-state index >= 15 is 0 Å². The van der Waals surface area contributed by atoms with E-state index in [4.69, 9.17) is 4.74 Å². The van der Waals surface area contributed by atoms with Crippen LogP contribution >= 0.6 is 0 Å². The van der Waals surface area contributed by atoms with Gasteiger partial charge < -0.3 is 20.3 Å². The van der Waals surface area contributed by atoms with Crippen LogP contribution in [0, 0.1) is 5.92 Å². The van der Waals surface area contributed by atoms with Gasteiger partial charge in [0.15, 0.2) is 0 Å². The second kappa shape index (κ2) is 9.68. The molecule has 0 radical (unpaired) electrons. The summed E-state index contributed by atoms with van der Waals surface area (Å²) in [6.45, 7) is 2.53. The van der Waals surface area contributed by atoms with Crippen LogP contribution in [-0.2, 0) is 16.1 Å². The molecular formula is C20H25N5O3. The van der Waals surface area contributed by atoms with Gasteiger partial charge >= 0.3 is 11.8 Å². The molecule has 0 bridgehead atoms. The number of methoxy groups -OCH3 is 1. The molecule has 1 aromatic heterocycles. The number of nitrogens with one attached hydrogen (secondary N) is 2. The minimum absolute atomic E-state index is 0.298. The van der Waals surface area contributed by atoms with E-state index < -0.39 is 11.8 Å². The molecule has 0 spiro atoms. The van der Waals surface area contributed by atoms with Gasteiger partial charge in [-0.05, 0) is 36.5 Å². The molecule has 0 unspecified atom stereocenters. The molecule has 0 saturated carbocycles. The lowest BCUT2D eigenvalue weighted by molar-refractivity contribution is -0.139. The largest absolute Gasteiger partial charge is 0.497 e. The second-order valence-electron chi connectivity index (χ2n) is 6.73. The molecule has 148 valence electrons. The number of hydrogen-bond donors (Lipinski definition) is 2. The molecule has 0 atom stereocenters. The fraction of sp³-hybridized carbons (Fsp3) is 0.400. The Bertz CT molecular complexity index is 774. The zero-order chi connectivity index (χ0) is 19.8. The Kier molecular flexibility index (Phi) is 6.78. The van der Waals surface area contributed by atoms with Crippen LogP contribution in [0.3, 0.4) is 0 Å². The smallest absolute Gasteiger partial charge is 0.309 e. The van der Waals surface area contributed by atoms with Crippen molar-refractivity contribution in [2.45, 2.75) is 19.4 Å². The van der Waals surface area contributed by atoms with Gasteiger partial charge in [-0.3, -0.25) is 14.6 Å². The summed E-state index contributed by atoms with van der Waals surface area (Å²) < 4.78 is 5.09. The first kappa shape index (κ1) is 19.6. The lowest BCUT2D eigenvalue weighted by Crippen LogP contribution is -2.43. The van der Waals surface area contributed by atoms with Crippen molar-refractivity contribution in [1.82, 2.24) is 20.6 Å². The van der Waals surface area contributed by atoms with Crippen molar-refractivity contribution in [2.75, 3.05) is 31.6 Å². The van der Waals surface area contributed by atoms with Crippen LogP contribution in [0.5, 0.6) is 5.75 Å². The maximum absolute atomic E-state index is 12.0. The van der Waals surface area contributed by atoms with Gasteiger partial charge in [-0.25, -0.2) is 4.98 Å². The van der Waals surface area contributed by atoms with E-state index in [2.05, 4.69) is 25.5 Å². The van der Waals surface area contributed by atoms with Crippen LogP contribution in [0.15, 0.2) is 42.9 Å². The van der Waals surface area contributed by atoms with Gasteiger partial charge in [0.2, 0.25) is 0 Å². The number of carbonyl (C=O) groups is 2. The highest BCUT2D eigenvalue weighted by Gasteiger charge is 2.22. The Morgan fingerprint density at radius 3 is 2.46 bits per heavy atom. The summed E-state index contributed by atoms with van der Waals surface area (Å²) in [4.78, 5) is 34.6. The summed E-state index contributed by atoms with van der Waals surface area (Å²) in [5.74, 6) is 0.769. The van der Waals surface area contributed by atoms with Crippen molar-refractivity contribution in [3.63, 3.8) is 0 Å². The minimum atomic E-state index is -0.618. The highest BCUT2D eigenvalue weighted by atomic mass is 16.5. The molecule has 0 aliphatic carbocycles. The fourth-order valence-corrected chi connectivity index (χ4v) is 3.14. The van der Waals surface area contributed by atoms with Crippen molar-refractivity contribution in [3.8, 4) is 5.75 Å². The van der Waals surface area contributed by atoms with Gasteiger partial charge in [0, 0.05) is 38.6 Å². The van der Waals surface area contributed by atoms with E-state index in [-0.39, 0.29) is 0 Å². The maximum atomic E-state index is 12.0. The minimum Gasteiger partial charge on any atom is -0.497 e. The second-order valence-corrected chi connectivity index (χ2v) is 6.73. The van der Waals surface area contributed by atoms with Crippen molar-refractivity contribution in [2.24, 2.45) is 5.92 Å². The van der Waals surface area contributed by atoms with E-state index in [9.17, 15) is 9.59 Å². The van der Waals surface area contributed by atoms with E-state index in [0.29, 0.717) is 19.0 Å². The molecule has 1 fully saturated rings. The van der Waals surface area contributed by atoms with Gasteiger partial charge in [-0.1, -0.05) is 12.1 Å². The summed E-state index contributed by atoms with van der Waals surface area (Å²) in [6, 6.07) is 7.33. The highest BCUT2D eigenvalue weighted by Crippen LogP contribution is 2.20. The van der Waals surface area contributed by atoms with Gasteiger partial charge in [0.1, 0.15) is 11.6 Å². The molecule has 2 amide bonds. The van der Waals surface area contributed by atoms with Crippen LogP contribution < -0.4 is 20.3 Å². The van der Waals surface area contributed by atoms with E-state index in [0.717, 1.165) is 43.1 Å². The van der Waals surface area contributed by atoms with E-state index in [1.807, 2.05) is 24.3 Å². The maximum Gasteiger partial charge on any atom is 0.309 e. The Morgan fingerprint density at radius 1 is 1.11 bits per heavy atom. The van der Waals surface area contributed by atoms with Gasteiger partial charge in [-0.15, -0.1) is 0 Å². The molecule has 2 N–H and O–H groups in total. The van der Waals surface area contributed by atoms with Crippen LogP contribution in [0.25, 0.3) is 0 Å². The first-order valence-corrected chi connectivity index (χ1v) is 9.35. The summed E-state index contributed by atoms with van der Waals surface area (Å²) in [6.07, 6.45) is 6.97. The average molecular weight is 383 g/mol. The van der Waals surface area contributed by atoms with Crippen molar-refractivity contribution in [3.05, 3.63) is 48.4 Å². The van der Waals surface area contributed by atoms with Crippen LogP contribution in [-0.4, -0.2) is 48.5 Å². The number of ether oxygens (including phenoxy) is 1. The zero-order valence-corrected chi connectivity index (χ0v) is 15.9. The monoisotopic (exact) mass is 383 g/mol. The lowest BCUT2D eigenvalue weighted by atomic mass is 9.97. The summed E-state index contributed by atoms with van der Waals surface area (Å²) in [5, 5.41) is 5.38. The molecule has 2 heterocycles. The predicted molar refractivity (Wildman–Crippen MR) is 105 cm³/mol. The van der Waals surface area contributed by atoms with Crippen LogP contribution in [0.2, 0.25) is 0 Å².